The van der Waals surface area contributed by atoms with Gasteiger partial charge in [0, 0.05) is 46.8 Å². The minimum absolute atomic E-state index is 0.384. The highest BCUT2D eigenvalue weighted by Crippen LogP contribution is 2.27. The minimum atomic E-state index is 0.384. The fourth-order valence-electron chi connectivity index (χ4n) is 3.65. The summed E-state index contributed by atoms with van der Waals surface area (Å²) in [7, 11) is 0. The first-order chi connectivity index (χ1) is 12.6. The summed E-state index contributed by atoms with van der Waals surface area (Å²) in [6.45, 7) is 6.42. The molecule has 5 nitrogen and oxygen atoms in total. The lowest BCUT2D eigenvalue weighted by atomic mass is 10.0. The largest absolute Gasteiger partial charge is 0.381 e. The standard InChI is InChI=1S/C20H23ClN4O/c1-12-16(17-9-15(21)3-4-18(17)23-12)5-7-22-20-10-19(24-13(2)25-20)14-6-8-26-11-14/h3-4,9-10,14,23H,5-8,11H2,1-2H3,(H,22,24,25)/t14-/m1/s1. The Morgan fingerprint density at radius 3 is 2.96 bits per heavy atom. The molecule has 0 saturated carbocycles. The zero-order valence-electron chi connectivity index (χ0n) is 15.1. The van der Waals surface area contributed by atoms with Crippen molar-refractivity contribution in [1.29, 1.82) is 0 Å². The van der Waals surface area contributed by atoms with Crippen LogP contribution in [0.5, 0.6) is 0 Å². The van der Waals surface area contributed by atoms with Crippen LogP contribution in [0.3, 0.4) is 0 Å². The first kappa shape index (κ1) is 17.3. The van der Waals surface area contributed by atoms with Crippen molar-refractivity contribution in [1.82, 2.24) is 15.0 Å². The summed E-state index contributed by atoms with van der Waals surface area (Å²) in [5.41, 5.74) is 4.69. The molecule has 0 spiro atoms. The van der Waals surface area contributed by atoms with Crippen LogP contribution in [0.2, 0.25) is 5.02 Å². The van der Waals surface area contributed by atoms with Crippen molar-refractivity contribution < 1.29 is 4.74 Å². The van der Waals surface area contributed by atoms with E-state index >= 15 is 0 Å². The molecule has 4 rings (SSSR count). The predicted molar refractivity (Wildman–Crippen MR) is 105 cm³/mol. The molecule has 0 radical (unpaired) electrons. The first-order valence-electron chi connectivity index (χ1n) is 9.04. The maximum absolute atomic E-state index is 6.17. The minimum Gasteiger partial charge on any atom is -0.381 e. The van der Waals surface area contributed by atoms with Gasteiger partial charge in [-0.15, -0.1) is 0 Å². The van der Waals surface area contributed by atoms with E-state index in [1.54, 1.807) is 0 Å². The molecule has 3 aromatic rings. The van der Waals surface area contributed by atoms with E-state index in [9.17, 15) is 0 Å². The number of hydrogen-bond donors (Lipinski definition) is 2. The Kier molecular flexibility index (Phi) is 4.83. The lowest BCUT2D eigenvalue weighted by Gasteiger charge is -2.12. The number of nitrogens with one attached hydrogen (secondary N) is 2. The number of benzene rings is 1. The van der Waals surface area contributed by atoms with Crippen LogP contribution < -0.4 is 5.32 Å². The lowest BCUT2D eigenvalue weighted by molar-refractivity contribution is 0.193. The van der Waals surface area contributed by atoms with Crippen LogP contribution in [0.25, 0.3) is 10.9 Å². The van der Waals surface area contributed by atoms with Crippen molar-refractivity contribution in [3.05, 3.63) is 52.1 Å². The van der Waals surface area contributed by atoms with Crippen LogP contribution in [-0.4, -0.2) is 34.7 Å². The Bertz CT molecular complexity index is 931. The molecular formula is C20H23ClN4O. The monoisotopic (exact) mass is 370 g/mol. The van der Waals surface area contributed by atoms with Crippen LogP contribution in [0.4, 0.5) is 5.82 Å². The number of aromatic amines is 1. The average Bonchev–Trinajstić information content (AvgIpc) is 3.23. The van der Waals surface area contributed by atoms with Crippen LogP contribution in [0.15, 0.2) is 24.3 Å². The summed E-state index contributed by atoms with van der Waals surface area (Å²) >= 11 is 6.17. The molecule has 0 aliphatic carbocycles. The molecule has 3 heterocycles. The third-order valence-electron chi connectivity index (χ3n) is 4.97. The van der Waals surface area contributed by atoms with Gasteiger partial charge in [0.2, 0.25) is 0 Å². The van der Waals surface area contributed by atoms with E-state index in [2.05, 4.69) is 33.3 Å². The number of ether oxygens (including phenoxy) is 1. The number of anilines is 1. The number of nitrogens with zero attached hydrogens (tertiary/aromatic N) is 2. The van der Waals surface area contributed by atoms with Gasteiger partial charge in [0.15, 0.2) is 0 Å². The molecule has 136 valence electrons. The van der Waals surface area contributed by atoms with E-state index in [1.807, 2.05) is 25.1 Å². The van der Waals surface area contributed by atoms with Gasteiger partial charge in [-0.1, -0.05) is 11.6 Å². The Hall–Kier alpha value is -2.11. The van der Waals surface area contributed by atoms with Crippen LogP contribution in [-0.2, 0) is 11.2 Å². The third kappa shape index (κ3) is 3.55. The molecule has 0 bridgehead atoms. The van der Waals surface area contributed by atoms with Gasteiger partial charge >= 0.3 is 0 Å². The first-order valence-corrected chi connectivity index (χ1v) is 9.42. The average molecular weight is 371 g/mol. The number of hydrogen-bond acceptors (Lipinski definition) is 4. The van der Waals surface area contributed by atoms with E-state index in [0.29, 0.717) is 5.92 Å². The molecule has 1 aliphatic heterocycles. The van der Waals surface area contributed by atoms with E-state index in [4.69, 9.17) is 16.3 Å². The maximum atomic E-state index is 6.17. The highest BCUT2D eigenvalue weighted by Gasteiger charge is 2.20. The molecule has 6 heteroatoms. The molecule has 0 amide bonds. The maximum Gasteiger partial charge on any atom is 0.129 e. The van der Waals surface area contributed by atoms with Crippen LogP contribution >= 0.6 is 11.6 Å². The third-order valence-corrected chi connectivity index (χ3v) is 5.20. The van der Waals surface area contributed by atoms with Gasteiger partial charge in [0.1, 0.15) is 11.6 Å². The number of H-pyrrole nitrogens is 1. The topological polar surface area (TPSA) is 62.8 Å². The van der Waals surface area contributed by atoms with Gasteiger partial charge in [0.05, 0.1) is 12.3 Å². The van der Waals surface area contributed by atoms with E-state index < -0.39 is 0 Å². The zero-order valence-corrected chi connectivity index (χ0v) is 15.9. The molecule has 0 unspecified atom stereocenters. The Morgan fingerprint density at radius 2 is 2.15 bits per heavy atom. The second-order valence-electron chi connectivity index (χ2n) is 6.88. The zero-order chi connectivity index (χ0) is 18.1. The van der Waals surface area contributed by atoms with Crippen molar-refractivity contribution in [3.8, 4) is 0 Å². The lowest BCUT2D eigenvalue weighted by Crippen LogP contribution is -2.10. The van der Waals surface area contributed by atoms with Crippen molar-refractivity contribution >= 4 is 28.3 Å². The summed E-state index contributed by atoms with van der Waals surface area (Å²) in [6, 6.07) is 8.04. The second-order valence-corrected chi connectivity index (χ2v) is 7.32. The molecule has 2 aromatic heterocycles. The van der Waals surface area contributed by atoms with E-state index in [0.717, 1.165) is 60.5 Å². The fourth-order valence-corrected chi connectivity index (χ4v) is 3.82. The summed E-state index contributed by atoms with van der Waals surface area (Å²) in [4.78, 5) is 12.6. The van der Waals surface area contributed by atoms with Gasteiger partial charge in [-0.3, -0.25) is 0 Å². The number of fused-ring (bicyclic) bond motifs is 1. The molecule has 1 saturated heterocycles. The fraction of sp³-hybridized carbons (Fsp3) is 0.400. The molecule has 2 N–H and O–H groups in total. The quantitative estimate of drug-likeness (QED) is 0.699. The van der Waals surface area contributed by atoms with Gasteiger partial charge in [-0.2, -0.15) is 0 Å². The molecule has 1 aliphatic rings. The summed E-state index contributed by atoms with van der Waals surface area (Å²) < 4.78 is 5.49. The summed E-state index contributed by atoms with van der Waals surface area (Å²) in [5, 5.41) is 5.41. The Labute approximate surface area is 158 Å². The van der Waals surface area contributed by atoms with E-state index in [-0.39, 0.29) is 0 Å². The van der Waals surface area contributed by atoms with E-state index in [1.165, 1.54) is 16.6 Å². The highest BCUT2D eigenvalue weighted by atomic mass is 35.5. The molecular weight excluding hydrogens is 348 g/mol. The van der Waals surface area contributed by atoms with Gasteiger partial charge < -0.3 is 15.0 Å². The highest BCUT2D eigenvalue weighted by molar-refractivity contribution is 6.31. The normalized spacial score (nSPS) is 17.1. The molecule has 1 aromatic carbocycles. The number of aromatic nitrogens is 3. The van der Waals surface area contributed by atoms with Crippen LogP contribution in [0.1, 0.15) is 35.1 Å². The summed E-state index contributed by atoms with van der Waals surface area (Å²) in [5.74, 6) is 2.07. The second kappa shape index (κ2) is 7.25. The predicted octanol–water partition coefficient (Wildman–Crippen LogP) is 4.39. The number of halogens is 1. The van der Waals surface area contributed by atoms with Crippen molar-refractivity contribution in [2.24, 2.45) is 0 Å². The molecule has 26 heavy (non-hydrogen) atoms. The van der Waals surface area contributed by atoms with Crippen molar-refractivity contribution in [2.45, 2.75) is 32.6 Å². The Morgan fingerprint density at radius 1 is 1.27 bits per heavy atom. The number of rotatable bonds is 5. The smallest absolute Gasteiger partial charge is 0.129 e. The molecule has 1 atom stereocenters. The molecule has 1 fully saturated rings. The number of aryl methyl sites for hydroxylation is 2. The van der Waals surface area contributed by atoms with Crippen molar-refractivity contribution in [3.63, 3.8) is 0 Å². The Balaban J connectivity index is 1.48. The van der Waals surface area contributed by atoms with Crippen LogP contribution in [0, 0.1) is 13.8 Å². The SMILES string of the molecule is Cc1nc(NCCc2c(C)[nH]c3ccc(Cl)cc23)cc([C@@H]2CCOC2)n1. The summed E-state index contributed by atoms with van der Waals surface area (Å²) in [6.07, 6.45) is 1.93. The van der Waals surface area contributed by atoms with Gasteiger partial charge in [-0.25, -0.2) is 9.97 Å². The van der Waals surface area contributed by atoms with Crippen molar-refractivity contribution in [2.75, 3.05) is 25.1 Å². The van der Waals surface area contributed by atoms with Gasteiger partial charge in [-0.05, 0) is 50.5 Å². The van der Waals surface area contributed by atoms with Gasteiger partial charge in [0.25, 0.3) is 0 Å².